The van der Waals surface area contributed by atoms with Gasteiger partial charge in [0.1, 0.15) is 0 Å². The highest BCUT2D eigenvalue weighted by atomic mass is 28.3. The average Bonchev–Trinajstić information content (AvgIpc) is 3.33. The third-order valence-electron chi connectivity index (χ3n) is 8.03. The number of aromatic nitrogens is 1. The lowest BCUT2D eigenvalue weighted by atomic mass is 10.1. The highest BCUT2D eigenvalue weighted by Crippen LogP contribution is 2.33. The third-order valence-corrected chi connectivity index (χ3v) is 13.0. The maximum absolute atomic E-state index is 2.52. The normalized spacial score (nSPS) is 13.6. The fourth-order valence-corrected chi connectivity index (χ4v) is 11.5. The van der Waals surface area contributed by atoms with Gasteiger partial charge in [0.2, 0.25) is 0 Å². The molecule has 0 saturated heterocycles. The highest BCUT2D eigenvalue weighted by molar-refractivity contribution is 7.16. The van der Waals surface area contributed by atoms with Crippen LogP contribution in [-0.4, -0.2) is 12.6 Å². The van der Waals surface area contributed by atoms with Crippen molar-refractivity contribution in [2.75, 3.05) is 0 Å². The third kappa shape index (κ3) is 3.53. The molecule has 1 aromatic heterocycles. The van der Waals surface area contributed by atoms with Crippen LogP contribution in [-0.2, 0) is 0 Å². The van der Waals surface area contributed by atoms with Gasteiger partial charge in [-0.15, -0.1) is 0 Å². The number of fused-ring (bicyclic) bond motifs is 3. The number of rotatable bonds is 5. The molecule has 6 aromatic rings. The van der Waals surface area contributed by atoms with Gasteiger partial charge in [-0.3, -0.25) is 0 Å². The Morgan fingerprint density at radius 1 is 0.526 bits per heavy atom. The fourth-order valence-electron chi connectivity index (χ4n) is 6.41. The Hall–Kier alpha value is -4.40. The second kappa shape index (κ2) is 9.48. The Balaban J connectivity index is 1.61. The quantitative estimate of drug-likeness (QED) is 0.175. The summed E-state index contributed by atoms with van der Waals surface area (Å²) in [6, 6.07) is 49.4. The first kappa shape index (κ1) is 22.8. The van der Waals surface area contributed by atoms with Crippen LogP contribution in [0.3, 0.4) is 0 Å². The second-order valence-electron chi connectivity index (χ2n) is 10.1. The molecule has 1 aliphatic rings. The van der Waals surface area contributed by atoms with Crippen LogP contribution in [0.2, 0.25) is 0 Å². The van der Waals surface area contributed by atoms with Gasteiger partial charge in [-0.1, -0.05) is 133 Å². The maximum atomic E-state index is 2.51. The molecular weight excluding hydrogens is 474 g/mol. The summed E-state index contributed by atoms with van der Waals surface area (Å²) in [5.41, 5.74) is 3.71. The zero-order valence-electron chi connectivity index (χ0n) is 21.3. The van der Waals surface area contributed by atoms with E-state index in [0.717, 1.165) is 12.8 Å². The van der Waals surface area contributed by atoms with E-state index in [0.29, 0.717) is 0 Å². The van der Waals surface area contributed by atoms with E-state index in [2.05, 4.69) is 156 Å². The molecule has 2 heteroatoms. The monoisotopic (exact) mass is 503 g/mol. The number of hydrogen-bond acceptors (Lipinski definition) is 0. The van der Waals surface area contributed by atoms with E-state index in [1.807, 2.05) is 0 Å². The molecule has 0 amide bonds. The number of allylic oxidation sites excluding steroid dienone is 4. The van der Waals surface area contributed by atoms with Crippen molar-refractivity contribution in [1.29, 1.82) is 0 Å². The molecular formula is C36H29NSi. The van der Waals surface area contributed by atoms with Crippen molar-refractivity contribution in [3.05, 3.63) is 157 Å². The molecule has 0 fully saturated rings. The molecule has 0 bridgehead atoms. The van der Waals surface area contributed by atoms with Gasteiger partial charge in [0.25, 0.3) is 0 Å². The van der Waals surface area contributed by atoms with Crippen LogP contribution in [0.5, 0.6) is 0 Å². The minimum Gasteiger partial charge on any atom is -0.309 e. The van der Waals surface area contributed by atoms with Crippen LogP contribution in [0.25, 0.3) is 27.5 Å². The molecule has 7 rings (SSSR count). The predicted octanol–water partition coefficient (Wildman–Crippen LogP) is 7.07. The molecule has 1 aliphatic carbocycles. The Morgan fingerprint density at radius 3 is 1.79 bits per heavy atom. The second-order valence-corrected chi connectivity index (χ2v) is 13.9. The standard InChI is InChI=1S/C36H29NSi/c1-5-15-28(16-6-1)37-35-24-14-13-23-33(35)34-26-25-32(27-36(34)37)38(29-17-7-2-8-18-29,30-19-9-3-10-20-30)31-21-11-4-12-22-31/h1-11,13-21,23-27H,12,22H2. The van der Waals surface area contributed by atoms with Crippen LogP contribution in [0.4, 0.5) is 0 Å². The molecule has 5 aromatic carbocycles. The first-order valence-corrected chi connectivity index (χ1v) is 15.4. The van der Waals surface area contributed by atoms with Gasteiger partial charge >= 0.3 is 0 Å². The van der Waals surface area contributed by atoms with Crippen molar-refractivity contribution >= 4 is 45.4 Å². The van der Waals surface area contributed by atoms with E-state index in [-0.39, 0.29) is 0 Å². The van der Waals surface area contributed by atoms with Crippen molar-refractivity contribution in [2.45, 2.75) is 12.8 Å². The number of para-hydroxylation sites is 2. The maximum Gasteiger partial charge on any atom is 0.175 e. The molecule has 0 unspecified atom stereocenters. The van der Waals surface area contributed by atoms with Gasteiger partial charge < -0.3 is 4.57 Å². The van der Waals surface area contributed by atoms with Crippen LogP contribution >= 0.6 is 0 Å². The van der Waals surface area contributed by atoms with Crippen molar-refractivity contribution < 1.29 is 0 Å². The molecule has 1 nitrogen and oxygen atoms in total. The molecule has 0 spiro atoms. The Morgan fingerprint density at radius 2 is 1.13 bits per heavy atom. The largest absolute Gasteiger partial charge is 0.309 e. The van der Waals surface area contributed by atoms with Crippen LogP contribution < -0.4 is 15.6 Å². The summed E-state index contributed by atoms with van der Waals surface area (Å²) in [6.07, 6.45) is 9.16. The molecule has 0 aliphatic heterocycles. The summed E-state index contributed by atoms with van der Waals surface area (Å²) in [6.45, 7) is 0. The van der Waals surface area contributed by atoms with Gasteiger partial charge in [0, 0.05) is 16.5 Å². The molecule has 182 valence electrons. The van der Waals surface area contributed by atoms with Gasteiger partial charge in [-0.25, -0.2) is 0 Å². The van der Waals surface area contributed by atoms with E-state index >= 15 is 0 Å². The summed E-state index contributed by atoms with van der Waals surface area (Å²) in [5, 5.41) is 8.48. The SMILES string of the molecule is C1=CCCC([Si](c2ccccc2)(c2ccccc2)c2ccc3c4ccccc4n(-c4ccccc4)c3c2)=C1. The average molecular weight is 504 g/mol. The molecule has 1 heterocycles. The lowest BCUT2D eigenvalue weighted by molar-refractivity contribution is 1.01. The van der Waals surface area contributed by atoms with Gasteiger partial charge in [0.05, 0.1) is 11.0 Å². The molecule has 38 heavy (non-hydrogen) atoms. The highest BCUT2D eigenvalue weighted by Gasteiger charge is 2.43. The minimum atomic E-state index is -2.52. The van der Waals surface area contributed by atoms with E-state index in [1.54, 1.807) is 5.20 Å². The Kier molecular flexibility index (Phi) is 5.68. The Labute approximate surface area is 225 Å². The van der Waals surface area contributed by atoms with E-state index < -0.39 is 8.07 Å². The van der Waals surface area contributed by atoms with Crippen molar-refractivity contribution in [2.24, 2.45) is 0 Å². The molecule has 0 radical (unpaired) electrons. The first-order valence-electron chi connectivity index (χ1n) is 13.4. The summed E-state index contributed by atoms with van der Waals surface area (Å²) >= 11 is 0. The summed E-state index contributed by atoms with van der Waals surface area (Å²) in [5.74, 6) is 0. The van der Waals surface area contributed by atoms with E-state index in [1.165, 1.54) is 43.1 Å². The molecule has 0 saturated carbocycles. The zero-order valence-corrected chi connectivity index (χ0v) is 22.3. The number of hydrogen-bond donors (Lipinski definition) is 0. The predicted molar refractivity (Wildman–Crippen MR) is 165 cm³/mol. The summed E-state index contributed by atoms with van der Waals surface area (Å²) in [4.78, 5) is 0. The topological polar surface area (TPSA) is 4.93 Å². The van der Waals surface area contributed by atoms with E-state index in [4.69, 9.17) is 0 Å². The fraction of sp³-hybridized carbons (Fsp3) is 0.0556. The van der Waals surface area contributed by atoms with Gasteiger partial charge in [-0.2, -0.15) is 0 Å². The van der Waals surface area contributed by atoms with Crippen LogP contribution in [0.15, 0.2) is 157 Å². The summed E-state index contributed by atoms with van der Waals surface area (Å²) in [7, 11) is -2.52. The zero-order chi connectivity index (χ0) is 25.4. The van der Waals surface area contributed by atoms with E-state index in [9.17, 15) is 0 Å². The first-order chi connectivity index (χ1) is 18.9. The summed E-state index contributed by atoms with van der Waals surface area (Å²) < 4.78 is 2.44. The minimum absolute atomic E-state index is 1.09. The lowest BCUT2D eigenvalue weighted by Crippen LogP contribution is -2.68. The van der Waals surface area contributed by atoms with Crippen LogP contribution in [0, 0.1) is 0 Å². The Bertz CT molecular complexity index is 1760. The van der Waals surface area contributed by atoms with Gasteiger partial charge in [-0.05, 0) is 52.7 Å². The van der Waals surface area contributed by atoms with Crippen molar-refractivity contribution in [3.63, 3.8) is 0 Å². The van der Waals surface area contributed by atoms with Gasteiger partial charge in [0.15, 0.2) is 8.07 Å². The number of nitrogens with zero attached hydrogens (tertiary/aromatic N) is 1. The molecule has 0 N–H and O–H groups in total. The van der Waals surface area contributed by atoms with Crippen molar-refractivity contribution in [3.8, 4) is 5.69 Å². The van der Waals surface area contributed by atoms with Crippen molar-refractivity contribution in [1.82, 2.24) is 4.57 Å². The lowest BCUT2D eigenvalue weighted by Gasteiger charge is -2.37. The molecule has 0 atom stereocenters. The smallest absolute Gasteiger partial charge is 0.175 e. The number of benzene rings is 5. The van der Waals surface area contributed by atoms with Crippen LogP contribution in [0.1, 0.15) is 12.8 Å².